The highest BCUT2D eigenvalue weighted by Gasteiger charge is 2.41. The Morgan fingerprint density at radius 1 is 1.23 bits per heavy atom. The highest BCUT2D eigenvalue weighted by Crippen LogP contribution is 2.26. The number of nitrogen functional groups attached to an aromatic ring is 1. The second kappa shape index (κ2) is 9.25. The summed E-state index contributed by atoms with van der Waals surface area (Å²) in [6, 6.07) is -0.515. The molecule has 1 aromatic heterocycles. The minimum absolute atomic E-state index is 0.164. The highest BCUT2D eigenvalue weighted by atomic mass is 32.2. The lowest BCUT2D eigenvalue weighted by Gasteiger charge is -2.42. The number of ether oxygens (including phenoxy) is 1. The molecule has 0 spiro atoms. The zero-order valence-corrected chi connectivity index (χ0v) is 19.2. The first-order chi connectivity index (χ1) is 14.5. The number of piperazine rings is 1. The second-order valence-electron chi connectivity index (χ2n) is 9.03. The van der Waals surface area contributed by atoms with Gasteiger partial charge in [-0.3, -0.25) is 4.98 Å². The minimum Gasteiger partial charge on any atom is -0.444 e. The lowest BCUT2D eigenvalue weighted by atomic mass is 10.0. The van der Waals surface area contributed by atoms with Gasteiger partial charge in [0.25, 0.3) is 10.2 Å². The van der Waals surface area contributed by atoms with Crippen LogP contribution >= 0.6 is 0 Å². The van der Waals surface area contributed by atoms with Crippen LogP contribution in [0.15, 0.2) is 12.4 Å². The van der Waals surface area contributed by atoms with Crippen LogP contribution in [0.25, 0.3) is 0 Å². The van der Waals surface area contributed by atoms with Crippen molar-refractivity contribution in [2.24, 2.45) is 0 Å². The molecule has 2 aliphatic rings. The van der Waals surface area contributed by atoms with Gasteiger partial charge in [-0.1, -0.05) is 0 Å². The van der Waals surface area contributed by atoms with E-state index in [9.17, 15) is 17.6 Å². The normalized spacial score (nSPS) is 21.4. The summed E-state index contributed by atoms with van der Waals surface area (Å²) in [6.45, 7) is 6.92. The fourth-order valence-electron chi connectivity index (χ4n) is 3.99. The largest absolute Gasteiger partial charge is 0.444 e. The second-order valence-corrected chi connectivity index (χ2v) is 10.9. The number of carbonyl (C=O) groups excluding carboxylic acids is 1. The van der Waals surface area contributed by atoms with Gasteiger partial charge >= 0.3 is 6.09 Å². The lowest BCUT2D eigenvalue weighted by Crippen LogP contribution is -2.59. The van der Waals surface area contributed by atoms with E-state index in [0.717, 1.165) is 19.0 Å². The summed E-state index contributed by atoms with van der Waals surface area (Å²) in [5, 5.41) is 0. The fourth-order valence-corrected chi connectivity index (χ4v) is 5.87. The maximum atomic E-state index is 14.2. The minimum atomic E-state index is -3.67. The van der Waals surface area contributed by atoms with E-state index in [-0.39, 0.29) is 31.7 Å². The number of carbonyl (C=O) groups is 1. The molecule has 0 aliphatic carbocycles. The van der Waals surface area contributed by atoms with E-state index in [1.807, 2.05) is 0 Å². The van der Waals surface area contributed by atoms with E-state index < -0.39 is 33.8 Å². The molecule has 0 radical (unpaired) electrons. The number of anilines is 1. The molecule has 0 unspecified atom stereocenters. The molecule has 31 heavy (non-hydrogen) atoms. The topological polar surface area (TPSA) is 109 Å². The number of amides is 1. The van der Waals surface area contributed by atoms with Gasteiger partial charge in [0.15, 0.2) is 0 Å². The summed E-state index contributed by atoms with van der Waals surface area (Å²) < 4.78 is 49.1. The standard InChI is InChI=1S/C20H32FN5O4S/c1-20(2,3)30-19(27)24-10-11-26(31(28,29)25-8-4-5-9-25)15(14-24)6-7-16-17(21)12-23-13-18(16)22/h12-13,15H,4-11,14,22H2,1-3H3/t15-/m0/s1. The number of hydrogen-bond donors (Lipinski definition) is 1. The van der Waals surface area contributed by atoms with E-state index in [1.165, 1.54) is 19.7 Å². The van der Waals surface area contributed by atoms with Crippen molar-refractivity contribution in [2.75, 3.05) is 38.5 Å². The van der Waals surface area contributed by atoms with Crippen LogP contribution in [0.5, 0.6) is 0 Å². The predicted octanol–water partition coefficient (Wildman–Crippen LogP) is 2.00. The van der Waals surface area contributed by atoms with Gasteiger partial charge in [-0.25, -0.2) is 9.18 Å². The van der Waals surface area contributed by atoms with E-state index >= 15 is 0 Å². The SMILES string of the molecule is CC(C)(C)OC(=O)N1CCN(S(=O)(=O)N2CCCC2)[C@@H](CCc2c(N)cncc2F)C1. The predicted molar refractivity (Wildman–Crippen MR) is 115 cm³/mol. The van der Waals surface area contributed by atoms with Gasteiger partial charge in [0.1, 0.15) is 11.4 Å². The summed E-state index contributed by atoms with van der Waals surface area (Å²) in [4.78, 5) is 17.8. The molecule has 3 rings (SSSR count). The molecule has 174 valence electrons. The van der Waals surface area contributed by atoms with Crippen LogP contribution in [-0.2, 0) is 21.4 Å². The smallest absolute Gasteiger partial charge is 0.410 e. The summed E-state index contributed by atoms with van der Waals surface area (Å²) in [5.41, 5.74) is 5.76. The number of halogens is 1. The van der Waals surface area contributed by atoms with Gasteiger partial charge in [-0.2, -0.15) is 17.0 Å². The maximum absolute atomic E-state index is 14.2. The monoisotopic (exact) mass is 457 g/mol. The highest BCUT2D eigenvalue weighted by molar-refractivity contribution is 7.86. The summed E-state index contributed by atoms with van der Waals surface area (Å²) >= 11 is 0. The van der Waals surface area contributed by atoms with Crippen molar-refractivity contribution in [3.8, 4) is 0 Å². The Bertz CT molecular complexity index is 879. The van der Waals surface area contributed by atoms with Crippen LogP contribution in [0.4, 0.5) is 14.9 Å². The first-order valence-corrected chi connectivity index (χ1v) is 12.0. The molecule has 1 amide bonds. The summed E-state index contributed by atoms with van der Waals surface area (Å²) in [6.07, 6.45) is 4.21. The zero-order valence-electron chi connectivity index (χ0n) is 18.4. The molecule has 2 saturated heterocycles. The van der Waals surface area contributed by atoms with Crippen LogP contribution in [0.1, 0.15) is 45.6 Å². The molecule has 9 nitrogen and oxygen atoms in total. The molecule has 0 bridgehead atoms. The van der Waals surface area contributed by atoms with Crippen molar-refractivity contribution in [3.05, 3.63) is 23.8 Å². The van der Waals surface area contributed by atoms with Crippen LogP contribution in [-0.4, -0.2) is 77.4 Å². The van der Waals surface area contributed by atoms with Crippen molar-refractivity contribution >= 4 is 22.0 Å². The van der Waals surface area contributed by atoms with Gasteiger partial charge in [0.2, 0.25) is 0 Å². The number of rotatable bonds is 5. The third-order valence-electron chi connectivity index (χ3n) is 5.53. The molecule has 11 heteroatoms. The summed E-state index contributed by atoms with van der Waals surface area (Å²) in [5.74, 6) is -0.520. The fraction of sp³-hybridized carbons (Fsp3) is 0.700. The zero-order chi connectivity index (χ0) is 22.8. The number of pyridine rings is 1. The molecule has 0 aromatic carbocycles. The number of aromatic nitrogens is 1. The van der Waals surface area contributed by atoms with Gasteiger partial charge < -0.3 is 15.4 Å². The lowest BCUT2D eigenvalue weighted by molar-refractivity contribution is 0.0122. The van der Waals surface area contributed by atoms with Gasteiger partial charge in [0.05, 0.1) is 18.1 Å². The van der Waals surface area contributed by atoms with E-state index in [2.05, 4.69) is 4.98 Å². The third kappa shape index (κ3) is 5.64. The Balaban J connectivity index is 1.80. The molecule has 2 aliphatic heterocycles. The molecular formula is C20H32FN5O4S. The quantitative estimate of drug-likeness (QED) is 0.724. The molecule has 1 aromatic rings. The first-order valence-electron chi connectivity index (χ1n) is 10.6. The van der Waals surface area contributed by atoms with E-state index in [4.69, 9.17) is 10.5 Å². The van der Waals surface area contributed by atoms with Crippen molar-refractivity contribution in [1.82, 2.24) is 18.5 Å². The molecular weight excluding hydrogens is 425 g/mol. The van der Waals surface area contributed by atoms with Crippen LogP contribution in [0, 0.1) is 5.82 Å². The summed E-state index contributed by atoms with van der Waals surface area (Å²) in [7, 11) is -3.67. The van der Waals surface area contributed by atoms with Crippen molar-refractivity contribution < 1.29 is 22.3 Å². The molecule has 0 saturated carbocycles. The number of nitrogens with zero attached hydrogens (tertiary/aromatic N) is 4. The van der Waals surface area contributed by atoms with E-state index in [0.29, 0.717) is 25.1 Å². The Morgan fingerprint density at radius 3 is 2.52 bits per heavy atom. The van der Waals surface area contributed by atoms with Crippen molar-refractivity contribution in [1.29, 1.82) is 0 Å². The van der Waals surface area contributed by atoms with Crippen molar-refractivity contribution in [3.63, 3.8) is 0 Å². The third-order valence-corrected chi connectivity index (χ3v) is 7.63. The van der Waals surface area contributed by atoms with Crippen LogP contribution in [0.2, 0.25) is 0 Å². The van der Waals surface area contributed by atoms with Crippen LogP contribution in [0.3, 0.4) is 0 Å². The van der Waals surface area contributed by atoms with Gasteiger partial charge in [0, 0.05) is 44.3 Å². The number of hydrogen-bond acceptors (Lipinski definition) is 6. The average Bonchev–Trinajstić information content (AvgIpc) is 3.22. The van der Waals surface area contributed by atoms with Crippen LogP contribution < -0.4 is 5.73 Å². The van der Waals surface area contributed by atoms with Gasteiger partial charge in [-0.15, -0.1) is 0 Å². The van der Waals surface area contributed by atoms with E-state index in [1.54, 1.807) is 20.8 Å². The maximum Gasteiger partial charge on any atom is 0.410 e. The Kier molecular flexibility index (Phi) is 7.07. The Hall–Kier alpha value is -1.98. The average molecular weight is 458 g/mol. The van der Waals surface area contributed by atoms with Gasteiger partial charge in [-0.05, 0) is 46.5 Å². The molecule has 1 atom stereocenters. The Labute approximate surface area is 183 Å². The Morgan fingerprint density at radius 2 is 1.90 bits per heavy atom. The first kappa shape index (κ1) is 23.7. The molecule has 3 heterocycles. The molecule has 2 N–H and O–H groups in total. The molecule has 2 fully saturated rings. The number of nitrogens with two attached hydrogens (primary N) is 1. The van der Waals surface area contributed by atoms with Crippen molar-refractivity contribution in [2.45, 2.75) is 58.1 Å².